The fourth-order valence-electron chi connectivity index (χ4n) is 3.40. The number of phenols is 1. The van der Waals surface area contributed by atoms with Crippen molar-refractivity contribution in [3.05, 3.63) is 59.9 Å². The lowest BCUT2D eigenvalue weighted by Crippen LogP contribution is -2.46. The predicted octanol–water partition coefficient (Wildman–Crippen LogP) is 2.30. The number of rotatable bonds is 3. The van der Waals surface area contributed by atoms with E-state index in [0.717, 1.165) is 11.0 Å². The number of aromatic amines is 1. The van der Waals surface area contributed by atoms with E-state index in [1.165, 1.54) is 6.07 Å². The second kappa shape index (κ2) is 7.11. The van der Waals surface area contributed by atoms with Crippen LogP contribution < -0.4 is 5.32 Å². The molecular formula is C20H20N4O3. The smallest absolute Gasteiger partial charge is 0.257 e. The number of hydrogen-bond acceptors (Lipinski definition) is 4. The van der Waals surface area contributed by atoms with Gasteiger partial charge in [0.1, 0.15) is 5.75 Å². The molecule has 3 aromatic rings. The Balaban J connectivity index is 1.35. The number of hydrogen-bond donors (Lipinski definition) is 3. The number of carbonyl (C=O) groups is 2. The van der Waals surface area contributed by atoms with Gasteiger partial charge in [-0.05, 0) is 43.2 Å². The van der Waals surface area contributed by atoms with E-state index < -0.39 is 0 Å². The van der Waals surface area contributed by atoms with Crippen molar-refractivity contribution in [1.82, 2.24) is 20.2 Å². The van der Waals surface area contributed by atoms with E-state index in [4.69, 9.17) is 0 Å². The van der Waals surface area contributed by atoms with Crippen molar-refractivity contribution in [3.8, 4) is 5.75 Å². The first-order chi connectivity index (χ1) is 13.1. The van der Waals surface area contributed by atoms with Crippen LogP contribution in [-0.2, 0) is 0 Å². The van der Waals surface area contributed by atoms with Crippen molar-refractivity contribution >= 4 is 22.8 Å². The maximum atomic E-state index is 12.5. The summed E-state index contributed by atoms with van der Waals surface area (Å²) in [5.41, 5.74) is 2.54. The van der Waals surface area contributed by atoms with E-state index in [1.807, 2.05) is 6.07 Å². The Labute approximate surface area is 156 Å². The summed E-state index contributed by atoms with van der Waals surface area (Å²) >= 11 is 0. The summed E-state index contributed by atoms with van der Waals surface area (Å²) in [4.78, 5) is 33.9. The molecule has 0 spiro atoms. The number of fused-ring (bicyclic) bond motifs is 1. The molecule has 7 nitrogen and oxygen atoms in total. The van der Waals surface area contributed by atoms with Crippen LogP contribution >= 0.6 is 0 Å². The Morgan fingerprint density at radius 2 is 1.93 bits per heavy atom. The monoisotopic (exact) mass is 364 g/mol. The second-order valence-electron chi connectivity index (χ2n) is 6.69. The zero-order valence-electron chi connectivity index (χ0n) is 14.7. The van der Waals surface area contributed by atoms with Gasteiger partial charge < -0.3 is 20.3 Å². The quantitative estimate of drug-likeness (QED) is 0.664. The molecule has 27 heavy (non-hydrogen) atoms. The number of para-hydroxylation sites is 1. The van der Waals surface area contributed by atoms with Gasteiger partial charge in [-0.2, -0.15) is 0 Å². The highest BCUT2D eigenvalue weighted by atomic mass is 16.3. The lowest BCUT2D eigenvalue weighted by molar-refractivity contribution is 0.0695. The summed E-state index contributed by atoms with van der Waals surface area (Å²) in [7, 11) is 0. The number of aromatic nitrogens is 2. The maximum Gasteiger partial charge on any atom is 0.257 e. The standard InChI is InChI=1S/C20H20N4O3/c25-18-4-2-1-3-15(18)20(27)24-9-7-14(8-10-24)23-19(26)13-5-6-16-17(11-13)22-12-21-16/h1-6,11-12,14,25H,7-10H2,(H,21,22)(H,23,26). The largest absolute Gasteiger partial charge is 0.507 e. The van der Waals surface area contributed by atoms with E-state index in [0.29, 0.717) is 37.1 Å². The molecule has 0 atom stereocenters. The number of aromatic hydroxyl groups is 1. The second-order valence-corrected chi connectivity index (χ2v) is 6.69. The van der Waals surface area contributed by atoms with E-state index in [2.05, 4.69) is 15.3 Å². The van der Waals surface area contributed by atoms with E-state index >= 15 is 0 Å². The van der Waals surface area contributed by atoms with Gasteiger partial charge in [-0.15, -0.1) is 0 Å². The van der Waals surface area contributed by atoms with Gasteiger partial charge in [-0.25, -0.2) is 4.98 Å². The normalized spacial score (nSPS) is 15.0. The van der Waals surface area contributed by atoms with Gasteiger partial charge >= 0.3 is 0 Å². The number of benzene rings is 2. The molecule has 138 valence electrons. The van der Waals surface area contributed by atoms with Crippen LogP contribution in [0.1, 0.15) is 33.6 Å². The van der Waals surface area contributed by atoms with Crippen molar-refractivity contribution in [2.75, 3.05) is 13.1 Å². The highest BCUT2D eigenvalue weighted by Crippen LogP contribution is 2.21. The third-order valence-corrected chi connectivity index (χ3v) is 4.93. The summed E-state index contributed by atoms with van der Waals surface area (Å²) in [6, 6.07) is 11.9. The first kappa shape index (κ1) is 17.1. The van der Waals surface area contributed by atoms with Gasteiger partial charge in [-0.1, -0.05) is 12.1 Å². The minimum Gasteiger partial charge on any atom is -0.507 e. The Hall–Kier alpha value is -3.35. The fourth-order valence-corrected chi connectivity index (χ4v) is 3.40. The average molecular weight is 364 g/mol. The minimum absolute atomic E-state index is 0.00729. The molecule has 2 amide bonds. The number of H-pyrrole nitrogens is 1. The van der Waals surface area contributed by atoms with Crippen LogP contribution in [-0.4, -0.2) is 50.9 Å². The fraction of sp³-hybridized carbons (Fsp3) is 0.250. The molecule has 1 aliphatic rings. The molecule has 7 heteroatoms. The van der Waals surface area contributed by atoms with E-state index in [1.54, 1.807) is 41.6 Å². The molecule has 1 aromatic heterocycles. The zero-order valence-corrected chi connectivity index (χ0v) is 14.7. The molecule has 4 rings (SSSR count). The Kier molecular flexibility index (Phi) is 4.50. The van der Waals surface area contributed by atoms with Crippen LogP contribution in [0.15, 0.2) is 48.8 Å². The molecule has 0 bridgehead atoms. The third kappa shape index (κ3) is 3.48. The van der Waals surface area contributed by atoms with Gasteiger partial charge in [0.05, 0.1) is 22.9 Å². The molecule has 1 saturated heterocycles. The number of carbonyl (C=O) groups excluding carboxylic acids is 2. The van der Waals surface area contributed by atoms with E-state index in [-0.39, 0.29) is 23.6 Å². The molecule has 0 aliphatic carbocycles. The number of phenolic OH excluding ortho intramolecular Hbond substituents is 1. The molecule has 2 heterocycles. The summed E-state index contributed by atoms with van der Waals surface area (Å²) in [5, 5.41) is 12.9. The van der Waals surface area contributed by atoms with Crippen LogP contribution in [0, 0.1) is 0 Å². The van der Waals surface area contributed by atoms with Crippen molar-refractivity contribution in [2.45, 2.75) is 18.9 Å². The number of nitrogens with one attached hydrogen (secondary N) is 2. The van der Waals surface area contributed by atoms with Crippen LogP contribution in [0.3, 0.4) is 0 Å². The summed E-state index contributed by atoms with van der Waals surface area (Å²) in [6.45, 7) is 1.08. The molecular weight excluding hydrogens is 344 g/mol. The highest BCUT2D eigenvalue weighted by Gasteiger charge is 2.26. The van der Waals surface area contributed by atoms with Crippen molar-refractivity contribution in [2.24, 2.45) is 0 Å². The minimum atomic E-state index is -0.178. The van der Waals surface area contributed by atoms with Crippen LogP contribution in [0.4, 0.5) is 0 Å². The van der Waals surface area contributed by atoms with Gasteiger partial charge in [0, 0.05) is 24.7 Å². The molecule has 3 N–H and O–H groups in total. The highest BCUT2D eigenvalue weighted by molar-refractivity contribution is 5.98. The first-order valence-corrected chi connectivity index (χ1v) is 8.93. The lowest BCUT2D eigenvalue weighted by atomic mass is 10.0. The predicted molar refractivity (Wildman–Crippen MR) is 101 cm³/mol. The maximum absolute atomic E-state index is 12.5. The Bertz CT molecular complexity index is 990. The molecule has 0 saturated carbocycles. The summed E-state index contributed by atoms with van der Waals surface area (Å²) in [6.07, 6.45) is 2.96. The molecule has 0 unspecified atom stereocenters. The topological polar surface area (TPSA) is 98.3 Å². The van der Waals surface area contributed by atoms with Crippen molar-refractivity contribution in [1.29, 1.82) is 0 Å². The van der Waals surface area contributed by atoms with Crippen molar-refractivity contribution in [3.63, 3.8) is 0 Å². The molecule has 1 aliphatic heterocycles. The van der Waals surface area contributed by atoms with Crippen molar-refractivity contribution < 1.29 is 14.7 Å². The number of nitrogens with zero attached hydrogens (tertiary/aromatic N) is 2. The third-order valence-electron chi connectivity index (χ3n) is 4.93. The summed E-state index contributed by atoms with van der Waals surface area (Å²) in [5.74, 6) is -0.313. The Morgan fingerprint density at radius 3 is 2.70 bits per heavy atom. The number of imidazole rings is 1. The average Bonchev–Trinajstić information content (AvgIpc) is 3.16. The summed E-state index contributed by atoms with van der Waals surface area (Å²) < 4.78 is 0. The van der Waals surface area contributed by atoms with E-state index in [9.17, 15) is 14.7 Å². The first-order valence-electron chi connectivity index (χ1n) is 8.93. The van der Waals surface area contributed by atoms with Crippen LogP contribution in [0.5, 0.6) is 5.75 Å². The number of amides is 2. The van der Waals surface area contributed by atoms with Gasteiger partial charge in [0.2, 0.25) is 0 Å². The van der Waals surface area contributed by atoms with Crippen LogP contribution in [0.25, 0.3) is 11.0 Å². The van der Waals surface area contributed by atoms with Gasteiger partial charge in [0.15, 0.2) is 0 Å². The molecule has 2 aromatic carbocycles. The molecule has 0 radical (unpaired) electrons. The SMILES string of the molecule is O=C(NC1CCN(C(=O)c2ccccc2O)CC1)c1ccc2nc[nH]c2c1. The number of likely N-dealkylation sites (tertiary alicyclic amines) is 1. The lowest BCUT2D eigenvalue weighted by Gasteiger charge is -2.32. The van der Waals surface area contributed by atoms with Gasteiger partial charge in [-0.3, -0.25) is 9.59 Å². The Morgan fingerprint density at radius 1 is 1.15 bits per heavy atom. The molecule has 1 fully saturated rings. The zero-order chi connectivity index (χ0) is 18.8. The van der Waals surface area contributed by atoms with Crippen LogP contribution in [0.2, 0.25) is 0 Å². The number of piperidine rings is 1. The van der Waals surface area contributed by atoms with Gasteiger partial charge in [0.25, 0.3) is 11.8 Å².